The molecule has 0 saturated carbocycles. The van der Waals surface area contributed by atoms with Gasteiger partial charge in [-0.25, -0.2) is 4.98 Å². The first-order valence-electron chi connectivity index (χ1n) is 5.01. The Morgan fingerprint density at radius 3 is 2.61 bits per heavy atom. The smallest absolute Gasteiger partial charge is 0.269 e. The van der Waals surface area contributed by atoms with Gasteiger partial charge in [-0.15, -0.1) is 0 Å². The Bertz CT molecular complexity index is 637. The van der Waals surface area contributed by atoms with Gasteiger partial charge in [0.1, 0.15) is 4.47 Å². The summed E-state index contributed by atoms with van der Waals surface area (Å²) in [6, 6.07) is 6.05. The molecule has 0 atom stereocenters. The van der Waals surface area contributed by atoms with Crippen LogP contribution in [0, 0.1) is 10.1 Å². The summed E-state index contributed by atoms with van der Waals surface area (Å²) < 4.78 is 1.80. The summed E-state index contributed by atoms with van der Waals surface area (Å²) in [5.74, 6) is 0. The predicted octanol–water partition coefficient (Wildman–Crippen LogP) is 1.96. The van der Waals surface area contributed by atoms with Crippen LogP contribution in [0.2, 0.25) is 0 Å². The largest absolute Gasteiger partial charge is 0.294 e. The van der Waals surface area contributed by atoms with Crippen molar-refractivity contribution in [2.45, 2.75) is 6.54 Å². The number of hydrogen-bond donors (Lipinski definition) is 0. The van der Waals surface area contributed by atoms with E-state index in [4.69, 9.17) is 0 Å². The van der Waals surface area contributed by atoms with Gasteiger partial charge in [0.25, 0.3) is 11.2 Å². The molecule has 2 rings (SSSR count). The number of nitro benzene ring substituents is 1. The molecular weight excluding hydrogens is 302 g/mol. The van der Waals surface area contributed by atoms with Gasteiger partial charge < -0.3 is 0 Å². The number of aromatic nitrogens is 2. The molecule has 1 aromatic heterocycles. The van der Waals surface area contributed by atoms with Gasteiger partial charge in [-0.3, -0.25) is 19.5 Å². The molecule has 1 heterocycles. The number of hydrogen-bond acceptors (Lipinski definition) is 4. The zero-order chi connectivity index (χ0) is 13.1. The van der Waals surface area contributed by atoms with Crippen LogP contribution < -0.4 is 5.56 Å². The minimum absolute atomic E-state index is 0.0264. The maximum atomic E-state index is 11.7. The molecule has 0 radical (unpaired) electrons. The SMILES string of the molecule is O=c1c(Br)cncn1Cc1ccc([N+](=O)[O-])cc1. The third-order valence-electron chi connectivity index (χ3n) is 2.36. The quantitative estimate of drug-likeness (QED) is 0.641. The van der Waals surface area contributed by atoms with E-state index < -0.39 is 4.92 Å². The van der Waals surface area contributed by atoms with Crippen molar-refractivity contribution in [1.29, 1.82) is 0 Å². The molecule has 0 fully saturated rings. The average molecular weight is 310 g/mol. The lowest BCUT2D eigenvalue weighted by Gasteiger charge is -2.05. The van der Waals surface area contributed by atoms with Gasteiger partial charge in [-0.1, -0.05) is 12.1 Å². The van der Waals surface area contributed by atoms with Crippen LogP contribution in [-0.4, -0.2) is 14.5 Å². The molecule has 7 heteroatoms. The van der Waals surface area contributed by atoms with E-state index in [1.807, 2.05) is 0 Å². The zero-order valence-corrected chi connectivity index (χ0v) is 10.7. The number of non-ortho nitro benzene ring substituents is 1. The van der Waals surface area contributed by atoms with E-state index in [0.29, 0.717) is 11.0 Å². The molecular formula is C11H8BrN3O3. The minimum Gasteiger partial charge on any atom is -0.294 e. The first kappa shape index (κ1) is 12.4. The summed E-state index contributed by atoms with van der Waals surface area (Å²) in [4.78, 5) is 25.7. The Labute approximate surface area is 110 Å². The molecule has 0 amide bonds. The summed E-state index contributed by atoms with van der Waals surface area (Å²) in [5.41, 5.74) is 0.629. The van der Waals surface area contributed by atoms with Gasteiger partial charge in [-0.05, 0) is 21.5 Å². The Balaban J connectivity index is 2.26. The molecule has 0 aliphatic heterocycles. The third kappa shape index (κ3) is 2.62. The van der Waals surface area contributed by atoms with Crippen LogP contribution in [0.4, 0.5) is 5.69 Å². The van der Waals surface area contributed by atoms with Gasteiger partial charge in [0.15, 0.2) is 0 Å². The molecule has 0 spiro atoms. The van der Waals surface area contributed by atoms with E-state index in [1.165, 1.54) is 29.2 Å². The molecule has 0 unspecified atom stereocenters. The van der Waals surface area contributed by atoms with Crippen molar-refractivity contribution in [2.24, 2.45) is 0 Å². The second-order valence-electron chi connectivity index (χ2n) is 3.60. The molecule has 0 bridgehead atoms. The molecule has 0 aliphatic rings. The lowest BCUT2D eigenvalue weighted by molar-refractivity contribution is -0.384. The summed E-state index contributed by atoms with van der Waals surface area (Å²) >= 11 is 3.10. The fourth-order valence-electron chi connectivity index (χ4n) is 1.46. The Morgan fingerprint density at radius 2 is 2.00 bits per heavy atom. The van der Waals surface area contributed by atoms with Crippen molar-refractivity contribution >= 4 is 21.6 Å². The fraction of sp³-hybridized carbons (Fsp3) is 0.0909. The molecule has 0 aliphatic carbocycles. The summed E-state index contributed by atoms with van der Waals surface area (Å²) in [6.07, 6.45) is 2.85. The van der Waals surface area contributed by atoms with Crippen molar-refractivity contribution in [3.63, 3.8) is 0 Å². The lowest BCUT2D eigenvalue weighted by atomic mass is 10.2. The molecule has 0 saturated heterocycles. The van der Waals surface area contributed by atoms with Crippen LogP contribution in [0.3, 0.4) is 0 Å². The van der Waals surface area contributed by atoms with E-state index >= 15 is 0 Å². The van der Waals surface area contributed by atoms with Crippen molar-refractivity contribution in [3.8, 4) is 0 Å². The monoisotopic (exact) mass is 309 g/mol. The van der Waals surface area contributed by atoms with Gasteiger partial charge in [-0.2, -0.15) is 0 Å². The Morgan fingerprint density at radius 1 is 1.33 bits per heavy atom. The molecule has 2 aromatic rings. The van der Waals surface area contributed by atoms with Crippen LogP contribution >= 0.6 is 15.9 Å². The predicted molar refractivity (Wildman–Crippen MR) is 68.4 cm³/mol. The van der Waals surface area contributed by atoms with Crippen molar-refractivity contribution in [1.82, 2.24) is 9.55 Å². The Hall–Kier alpha value is -2.02. The number of benzene rings is 1. The van der Waals surface area contributed by atoms with Gasteiger partial charge >= 0.3 is 0 Å². The average Bonchev–Trinajstić information content (AvgIpc) is 2.36. The van der Waals surface area contributed by atoms with Crippen LogP contribution in [0.15, 0.2) is 46.1 Å². The third-order valence-corrected chi connectivity index (χ3v) is 2.90. The molecule has 18 heavy (non-hydrogen) atoms. The topological polar surface area (TPSA) is 78.0 Å². The summed E-state index contributed by atoms with van der Waals surface area (Å²) in [5, 5.41) is 10.5. The second-order valence-corrected chi connectivity index (χ2v) is 4.45. The van der Waals surface area contributed by atoms with Crippen LogP contribution in [-0.2, 0) is 6.54 Å². The number of nitrogens with zero attached hydrogens (tertiary/aromatic N) is 3. The van der Waals surface area contributed by atoms with Crippen LogP contribution in [0.1, 0.15) is 5.56 Å². The van der Waals surface area contributed by atoms with E-state index in [-0.39, 0.29) is 11.2 Å². The number of halogens is 1. The van der Waals surface area contributed by atoms with E-state index in [1.54, 1.807) is 12.1 Å². The molecule has 0 N–H and O–H groups in total. The van der Waals surface area contributed by atoms with Crippen molar-refractivity contribution in [2.75, 3.05) is 0 Å². The van der Waals surface area contributed by atoms with Gasteiger partial charge in [0.2, 0.25) is 0 Å². The number of nitro groups is 1. The molecule has 6 nitrogen and oxygen atoms in total. The highest BCUT2D eigenvalue weighted by molar-refractivity contribution is 9.10. The lowest BCUT2D eigenvalue weighted by Crippen LogP contribution is -2.21. The Kier molecular flexibility index (Phi) is 3.52. The highest BCUT2D eigenvalue weighted by Gasteiger charge is 2.05. The zero-order valence-electron chi connectivity index (χ0n) is 9.12. The highest BCUT2D eigenvalue weighted by atomic mass is 79.9. The van der Waals surface area contributed by atoms with E-state index in [0.717, 1.165) is 5.56 Å². The first-order valence-corrected chi connectivity index (χ1v) is 5.80. The van der Waals surface area contributed by atoms with Crippen molar-refractivity contribution in [3.05, 3.63) is 67.3 Å². The normalized spacial score (nSPS) is 10.3. The maximum Gasteiger partial charge on any atom is 0.269 e. The highest BCUT2D eigenvalue weighted by Crippen LogP contribution is 2.12. The van der Waals surface area contributed by atoms with Crippen LogP contribution in [0.25, 0.3) is 0 Å². The fourth-order valence-corrected chi connectivity index (χ4v) is 1.80. The second kappa shape index (κ2) is 5.09. The standard InChI is InChI=1S/C11H8BrN3O3/c12-10-5-13-7-14(11(10)16)6-8-1-3-9(4-2-8)15(17)18/h1-5,7H,6H2. The maximum absolute atomic E-state index is 11.7. The van der Waals surface area contributed by atoms with Gasteiger partial charge in [0, 0.05) is 18.3 Å². The van der Waals surface area contributed by atoms with E-state index in [2.05, 4.69) is 20.9 Å². The summed E-state index contributed by atoms with van der Waals surface area (Å²) in [6.45, 7) is 0.323. The van der Waals surface area contributed by atoms with Crippen molar-refractivity contribution < 1.29 is 4.92 Å². The molecule has 92 valence electrons. The minimum atomic E-state index is -0.462. The van der Waals surface area contributed by atoms with Gasteiger partial charge in [0.05, 0.1) is 17.8 Å². The number of rotatable bonds is 3. The summed E-state index contributed by atoms with van der Waals surface area (Å²) in [7, 11) is 0. The molecule has 1 aromatic carbocycles. The van der Waals surface area contributed by atoms with Crippen LogP contribution in [0.5, 0.6) is 0 Å². The van der Waals surface area contributed by atoms with E-state index in [9.17, 15) is 14.9 Å². The first-order chi connectivity index (χ1) is 8.58.